The monoisotopic (exact) mass is 442 g/mol. The van der Waals surface area contributed by atoms with E-state index in [1.807, 2.05) is 0 Å². The number of hydrogen-bond acceptors (Lipinski definition) is 8. The lowest BCUT2D eigenvalue weighted by molar-refractivity contribution is -0.385. The van der Waals surface area contributed by atoms with E-state index in [4.69, 9.17) is 4.74 Å². The molecule has 10 nitrogen and oxygen atoms in total. The van der Waals surface area contributed by atoms with Gasteiger partial charge < -0.3 is 9.64 Å². The zero-order chi connectivity index (χ0) is 23.1. The fourth-order valence-electron chi connectivity index (χ4n) is 3.84. The van der Waals surface area contributed by atoms with Crippen LogP contribution in [0, 0.1) is 20.2 Å². The summed E-state index contributed by atoms with van der Waals surface area (Å²) in [6, 6.07) is 12.4. The van der Waals surface area contributed by atoms with Crippen molar-refractivity contribution in [1.82, 2.24) is 9.80 Å². The highest BCUT2D eigenvalue weighted by atomic mass is 16.6. The number of nitro groups is 2. The SMILES string of the molecule is COC(=O)[C@H](Cc1ccc([N+](=O)[O-])cc1)N1CCN(CCc2ccc([N+](=O)[O-])cc2)CC1. The summed E-state index contributed by atoms with van der Waals surface area (Å²) >= 11 is 0. The van der Waals surface area contributed by atoms with E-state index in [0.717, 1.165) is 37.2 Å². The highest BCUT2D eigenvalue weighted by Gasteiger charge is 2.30. The normalized spacial score (nSPS) is 15.8. The van der Waals surface area contributed by atoms with Gasteiger partial charge in [-0.1, -0.05) is 24.3 Å². The number of non-ortho nitro benzene ring substituents is 2. The molecule has 0 N–H and O–H groups in total. The van der Waals surface area contributed by atoms with Crippen LogP contribution in [0.4, 0.5) is 11.4 Å². The van der Waals surface area contributed by atoms with Crippen molar-refractivity contribution in [1.29, 1.82) is 0 Å². The number of esters is 1. The number of carbonyl (C=O) groups is 1. The van der Waals surface area contributed by atoms with E-state index in [1.165, 1.54) is 31.4 Å². The summed E-state index contributed by atoms with van der Waals surface area (Å²) in [5, 5.41) is 21.6. The van der Waals surface area contributed by atoms with E-state index in [-0.39, 0.29) is 17.3 Å². The van der Waals surface area contributed by atoms with Gasteiger partial charge in [0.25, 0.3) is 11.4 Å². The minimum absolute atomic E-state index is 0.0185. The van der Waals surface area contributed by atoms with Crippen LogP contribution in [0.25, 0.3) is 0 Å². The van der Waals surface area contributed by atoms with E-state index in [2.05, 4.69) is 9.80 Å². The minimum Gasteiger partial charge on any atom is -0.468 e. The van der Waals surface area contributed by atoms with Gasteiger partial charge in [0.15, 0.2) is 0 Å². The first kappa shape index (κ1) is 23.3. The van der Waals surface area contributed by atoms with Gasteiger partial charge in [-0.2, -0.15) is 0 Å². The van der Waals surface area contributed by atoms with E-state index in [0.29, 0.717) is 19.5 Å². The predicted molar refractivity (Wildman–Crippen MR) is 117 cm³/mol. The van der Waals surface area contributed by atoms with Crippen molar-refractivity contribution in [3.05, 3.63) is 79.9 Å². The molecule has 1 saturated heterocycles. The molecule has 1 heterocycles. The fraction of sp³-hybridized carbons (Fsp3) is 0.409. The summed E-state index contributed by atoms with van der Waals surface area (Å²) in [5.74, 6) is -0.317. The van der Waals surface area contributed by atoms with Crippen LogP contribution in [0.1, 0.15) is 11.1 Å². The second-order valence-electron chi connectivity index (χ2n) is 7.72. The summed E-state index contributed by atoms with van der Waals surface area (Å²) < 4.78 is 5.01. The zero-order valence-corrected chi connectivity index (χ0v) is 17.9. The van der Waals surface area contributed by atoms with Crippen LogP contribution in [0.5, 0.6) is 0 Å². The number of nitro benzene ring substituents is 2. The Morgan fingerprint density at radius 3 is 1.88 bits per heavy atom. The van der Waals surface area contributed by atoms with Gasteiger partial charge >= 0.3 is 5.97 Å². The molecule has 0 saturated carbocycles. The van der Waals surface area contributed by atoms with E-state index < -0.39 is 15.9 Å². The number of ether oxygens (including phenoxy) is 1. The third-order valence-corrected chi connectivity index (χ3v) is 5.76. The number of piperazine rings is 1. The number of benzene rings is 2. The van der Waals surface area contributed by atoms with Gasteiger partial charge in [-0.25, -0.2) is 0 Å². The highest BCUT2D eigenvalue weighted by molar-refractivity contribution is 5.76. The van der Waals surface area contributed by atoms with Crippen LogP contribution in [-0.2, 0) is 22.4 Å². The maximum atomic E-state index is 12.4. The van der Waals surface area contributed by atoms with Gasteiger partial charge in [-0.3, -0.25) is 29.9 Å². The molecule has 1 aliphatic rings. The standard InChI is InChI=1S/C22H26N4O6/c1-32-22(27)21(16-18-4-8-20(9-5-18)26(30)31)24-14-12-23(13-15-24)11-10-17-2-6-19(7-3-17)25(28)29/h2-9,21H,10-16H2,1H3/t21-/m0/s1. The molecule has 2 aromatic rings. The Bertz CT molecular complexity index is 940. The third-order valence-electron chi connectivity index (χ3n) is 5.76. The molecule has 0 aromatic heterocycles. The second-order valence-corrected chi connectivity index (χ2v) is 7.72. The number of methoxy groups -OCH3 is 1. The number of carbonyl (C=O) groups excluding carboxylic acids is 1. The highest BCUT2D eigenvalue weighted by Crippen LogP contribution is 2.18. The predicted octanol–water partition coefficient (Wildman–Crippen LogP) is 2.45. The molecule has 32 heavy (non-hydrogen) atoms. The Morgan fingerprint density at radius 1 is 0.906 bits per heavy atom. The van der Waals surface area contributed by atoms with Crippen molar-refractivity contribution in [3.8, 4) is 0 Å². The summed E-state index contributed by atoms with van der Waals surface area (Å²) in [6.07, 6.45) is 1.22. The Labute approximate surface area is 185 Å². The first-order valence-electron chi connectivity index (χ1n) is 10.4. The molecule has 0 bridgehead atoms. The number of hydrogen-bond donors (Lipinski definition) is 0. The van der Waals surface area contributed by atoms with Crippen molar-refractivity contribution in [3.63, 3.8) is 0 Å². The first-order chi connectivity index (χ1) is 15.4. The van der Waals surface area contributed by atoms with Crippen LogP contribution in [0.3, 0.4) is 0 Å². The molecule has 0 aliphatic carbocycles. The summed E-state index contributed by atoms with van der Waals surface area (Å²) in [7, 11) is 1.37. The maximum Gasteiger partial charge on any atom is 0.323 e. The number of rotatable bonds is 9. The Morgan fingerprint density at radius 2 is 1.41 bits per heavy atom. The minimum atomic E-state index is -0.447. The molecule has 1 aliphatic heterocycles. The Hall–Kier alpha value is -3.37. The van der Waals surface area contributed by atoms with Crippen molar-refractivity contribution in [2.75, 3.05) is 39.8 Å². The second kappa shape index (κ2) is 10.8. The lowest BCUT2D eigenvalue weighted by atomic mass is 10.0. The molecule has 0 unspecified atom stereocenters. The van der Waals surface area contributed by atoms with Crippen LogP contribution < -0.4 is 0 Å². The van der Waals surface area contributed by atoms with Crippen LogP contribution in [0.15, 0.2) is 48.5 Å². The molecular formula is C22H26N4O6. The van der Waals surface area contributed by atoms with Crippen LogP contribution in [0.2, 0.25) is 0 Å². The van der Waals surface area contributed by atoms with Gasteiger partial charge in [0.1, 0.15) is 6.04 Å². The number of nitrogens with zero attached hydrogens (tertiary/aromatic N) is 4. The van der Waals surface area contributed by atoms with Gasteiger partial charge in [0, 0.05) is 57.0 Å². The third kappa shape index (κ3) is 6.08. The van der Waals surface area contributed by atoms with Crippen molar-refractivity contribution in [2.24, 2.45) is 0 Å². The van der Waals surface area contributed by atoms with Crippen molar-refractivity contribution in [2.45, 2.75) is 18.9 Å². The summed E-state index contributed by atoms with van der Waals surface area (Å²) in [5.41, 5.74) is 1.99. The largest absolute Gasteiger partial charge is 0.468 e. The van der Waals surface area contributed by atoms with E-state index >= 15 is 0 Å². The molecule has 0 radical (unpaired) electrons. The van der Waals surface area contributed by atoms with Crippen LogP contribution >= 0.6 is 0 Å². The molecule has 1 fully saturated rings. The van der Waals surface area contributed by atoms with Crippen LogP contribution in [-0.4, -0.2) is 71.5 Å². The molecule has 10 heteroatoms. The van der Waals surface area contributed by atoms with E-state index in [1.54, 1.807) is 24.3 Å². The van der Waals surface area contributed by atoms with E-state index in [9.17, 15) is 25.0 Å². The van der Waals surface area contributed by atoms with Gasteiger partial charge in [0.05, 0.1) is 17.0 Å². The maximum absolute atomic E-state index is 12.4. The lowest BCUT2D eigenvalue weighted by Gasteiger charge is -2.38. The molecule has 2 aromatic carbocycles. The first-order valence-corrected chi connectivity index (χ1v) is 10.4. The topological polar surface area (TPSA) is 119 Å². The molecule has 0 spiro atoms. The van der Waals surface area contributed by atoms with Gasteiger partial charge in [-0.05, 0) is 24.0 Å². The lowest BCUT2D eigenvalue weighted by Crippen LogP contribution is -2.53. The Balaban J connectivity index is 1.53. The zero-order valence-electron chi connectivity index (χ0n) is 17.9. The smallest absolute Gasteiger partial charge is 0.323 e. The summed E-state index contributed by atoms with van der Waals surface area (Å²) in [6.45, 7) is 3.82. The fourth-order valence-corrected chi connectivity index (χ4v) is 3.84. The molecule has 0 amide bonds. The average Bonchev–Trinajstić information content (AvgIpc) is 2.81. The molecular weight excluding hydrogens is 416 g/mol. The molecule has 1 atom stereocenters. The Kier molecular flexibility index (Phi) is 7.85. The van der Waals surface area contributed by atoms with Gasteiger partial charge in [0.2, 0.25) is 0 Å². The molecule has 3 rings (SSSR count). The average molecular weight is 442 g/mol. The van der Waals surface area contributed by atoms with Crippen molar-refractivity contribution < 1.29 is 19.4 Å². The quantitative estimate of drug-likeness (QED) is 0.330. The van der Waals surface area contributed by atoms with Gasteiger partial charge in [-0.15, -0.1) is 0 Å². The molecule has 170 valence electrons. The summed E-state index contributed by atoms with van der Waals surface area (Å²) in [4.78, 5) is 37.6. The van der Waals surface area contributed by atoms with Crippen molar-refractivity contribution >= 4 is 17.3 Å².